The summed E-state index contributed by atoms with van der Waals surface area (Å²) >= 11 is 0. The van der Waals surface area contributed by atoms with Crippen molar-refractivity contribution in [2.24, 2.45) is 0 Å². The van der Waals surface area contributed by atoms with Crippen LogP contribution in [0.4, 0.5) is 0 Å². The Morgan fingerprint density at radius 3 is 2.74 bits per heavy atom. The van der Waals surface area contributed by atoms with Gasteiger partial charge in [-0.3, -0.25) is 0 Å². The summed E-state index contributed by atoms with van der Waals surface area (Å²) in [5, 5.41) is 10.4. The molecule has 118 valence electrons. The molecule has 0 amide bonds. The minimum atomic E-state index is -1.14. The number of para-hydroxylation sites is 1. The first-order chi connectivity index (χ1) is 11.0. The third-order valence-electron chi connectivity index (χ3n) is 3.63. The summed E-state index contributed by atoms with van der Waals surface area (Å²) in [5.74, 6) is -1.61. The highest BCUT2D eigenvalue weighted by atomic mass is 16.7. The van der Waals surface area contributed by atoms with Gasteiger partial charge in [-0.1, -0.05) is 18.2 Å². The average molecular weight is 313 g/mol. The number of aryl methyl sites for hydroxylation is 1. The summed E-state index contributed by atoms with van der Waals surface area (Å²) in [6, 6.07) is 7.49. The number of nitrogens with zero attached hydrogens (tertiary/aromatic N) is 1. The molecule has 2 aromatic rings. The highest BCUT2D eigenvalue weighted by Crippen LogP contribution is 2.24. The Bertz CT molecular complexity index is 859. The molecule has 1 aromatic heterocycles. The lowest BCUT2D eigenvalue weighted by Crippen LogP contribution is -2.12. The summed E-state index contributed by atoms with van der Waals surface area (Å²) < 4.78 is 11.8. The molecule has 0 bridgehead atoms. The molecule has 0 saturated carbocycles. The van der Waals surface area contributed by atoms with Gasteiger partial charge in [-0.2, -0.15) is 0 Å². The molecule has 1 aliphatic rings. The van der Waals surface area contributed by atoms with Crippen molar-refractivity contribution in [3.05, 3.63) is 53.9 Å². The number of fused-ring (bicyclic) bond motifs is 1. The molecular formula is C17H15NO5. The summed E-state index contributed by atoms with van der Waals surface area (Å²) in [6.45, 7) is 3.51. The second kappa shape index (κ2) is 5.64. The number of hydrogen-bond acceptors (Lipinski definition) is 4. The predicted molar refractivity (Wildman–Crippen MR) is 83.3 cm³/mol. The van der Waals surface area contributed by atoms with Gasteiger partial charge in [0.25, 0.3) is 6.29 Å². The highest BCUT2D eigenvalue weighted by Gasteiger charge is 2.23. The van der Waals surface area contributed by atoms with Crippen LogP contribution in [0.25, 0.3) is 16.6 Å². The lowest BCUT2D eigenvalue weighted by atomic mass is 10.2. The van der Waals surface area contributed by atoms with Crippen molar-refractivity contribution >= 4 is 28.5 Å². The van der Waals surface area contributed by atoms with E-state index in [0.29, 0.717) is 5.57 Å². The Balaban J connectivity index is 1.97. The van der Waals surface area contributed by atoms with Gasteiger partial charge in [0, 0.05) is 23.2 Å². The molecule has 1 atom stereocenters. The lowest BCUT2D eigenvalue weighted by Gasteiger charge is -2.10. The largest absolute Gasteiger partial charge is 0.476 e. The van der Waals surface area contributed by atoms with Crippen molar-refractivity contribution in [2.45, 2.75) is 20.1 Å². The van der Waals surface area contributed by atoms with Crippen molar-refractivity contribution in [3.8, 4) is 0 Å². The predicted octanol–water partition coefficient (Wildman–Crippen LogP) is 2.68. The minimum absolute atomic E-state index is 0.0664. The van der Waals surface area contributed by atoms with Crippen LogP contribution < -0.4 is 0 Å². The van der Waals surface area contributed by atoms with Gasteiger partial charge in [0.05, 0.1) is 5.52 Å². The summed E-state index contributed by atoms with van der Waals surface area (Å²) in [7, 11) is 0. The molecule has 1 unspecified atom stereocenters. The second-order valence-electron chi connectivity index (χ2n) is 5.27. The smallest absolute Gasteiger partial charge is 0.356 e. The molecule has 6 nitrogen and oxygen atoms in total. The van der Waals surface area contributed by atoms with Crippen LogP contribution in [0.15, 0.2) is 48.4 Å². The van der Waals surface area contributed by atoms with E-state index in [9.17, 15) is 14.7 Å². The monoisotopic (exact) mass is 313 g/mol. The number of aromatic nitrogens is 1. The van der Waals surface area contributed by atoms with E-state index in [1.807, 2.05) is 31.2 Å². The van der Waals surface area contributed by atoms with E-state index in [0.717, 1.165) is 22.7 Å². The number of ether oxygens (including phenoxy) is 2. The zero-order valence-electron chi connectivity index (χ0n) is 12.6. The van der Waals surface area contributed by atoms with Gasteiger partial charge >= 0.3 is 11.9 Å². The number of cyclic esters (lactones) is 1. The number of esters is 1. The standard InChI is InChI=1S/C17H15NO5/c1-10-7-15(23-17(10)21)22-9-14(16(19)20)18-8-11(2)12-5-3-4-6-13(12)18/h3-9,15H,1-2H3,(H,19,20)/b14-9-. The van der Waals surface area contributed by atoms with E-state index in [1.54, 1.807) is 17.7 Å². The van der Waals surface area contributed by atoms with Crippen LogP contribution in [0.1, 0.15) is 12.5 Å². The average Bonchev–Trinajstić information content (AvgIpc) is 3.01. The Morgan fingerprint density at radius 1 is 1.35 bits per heavy atom. The van der Waals surface area contributed by atoms with Crippen LogP contribution >= 0.6 is 0 Å². The first kappa shape index (κ1) is 14.9. The zero-order chi connectivity index (χ0) is 16.6. The van der Waals surface area contributed by atoms with E-state index < -0.39 is 18.2 Å². The van der Waals surface area contributed by atoms with Gasteiger partial charge in [-0.25, -0.2) is 9.59 Å². The number of carbonyl (C=O) groups excluding carboxylic acids is 1. The van der Waals surface area contributed by atoms with Crippen LogP contribution in [0.2, 0.25) is 0 Å². The van der Waals surface area contributed by atoms with Gasteiger partial charge in [-0.15, -0.1) is 0 Å². The lowest BCUT2D eigenvalue weighted by molar-refractivity contribution is -0.152. The first-order valence-electron chi connectivity index (χ1n) is 7.03. The van der Waals surface area contributed by atoms with Gasteiger partial charge in [0.15, 0.2) is 5.70 Å². The fraction of sp³-hybridized carbons (Fsp3) is 0.176. The van der Waals surface area contributed by atoms with Crippen LogP contribution in [-0.4, -0.2) is 27.9 Å². The topological polar surface area (TPSA) is 77.8 Å². The van der Waals surface area contributed by atoms with E-state index in [4.69, 9.17) is 9.47 Å². The van der Waals surface area contributed by atoms with E-state index in [-0.39, 0.29) is 5.70 Å². The SMILES string of the molecule is CC1=CC(O/C=C(/C(=O)O)n2cc(C)c3ccccc32)OC1=O. The molecule has 3 rings (SSSR count). The van der Waals surface area contributed by atoms with E-state index >= 15 is 0 Å². The molecule has 0 radical (unpaired) electrons. The zero-order valence-corrected chi connectivity index (χ0v) is 12.6. The first-order valence-corrected chi connectivity index (χ1v) is 7.03. The summed E-state index contributed by atoms with van der Waals surface area (Å²) in [6.07, 6.45) is 3.42. The molecule has 0 fully saturated rings. The Morgan fingerprint density at radius 2 is 2.09 bits per heavy atom. The normalized spacial score (nSPS) is 18.0. The summed E-state index contributed by atoms with van der Waals surface area (Å²) in [4.78, 5) is 22.9. The number of hydrogen-bond donors (Lipinski definition) is 1. The minimum Gasteiger partial charge on any atom is -0.476 e. The number of carboxylic acids is 1. The Hall–Kier alpha value is -3.02. The van der Waals surface area contributed by atoms with E-state index in [2.05, 4.69) is 0 Å². The molecule has 0 spiro atoms. The highest BCUT2D eigenvalue weighted by molar-refractivity contribution is 6.10. The van der Waals surface area contributed by atoms with Crippen molar-refractivity contribution in [1.29, 1.82) is 0 Å². The Labute approximate surface area is 132 Å². The molecule has 0 aliphatic carbocycles. The van der Waals surface area contributed by atoms with Gasteiger partial charge in [0.1, 0.15) is 6.26 Å². The molecule has 2 heterocycles. The number of carboxylic acid groups (broad SMARTS) is 1. The molecule has 1 aliphatic heterocycles. The third kappa shape index (κ3) is 2.70. The molecule has 23 heavy (non-hydrogen) atoms. The number of benzene rings is 1. The van der Waals surface area contributed by atoms with Crippen LogP contribution in [-0.2, 0) is 19.1 Å². The maximum Gasteiger partial charge on any atom is 0.356 e. The van der Waals surface area contributed by atoms with E-state index in [1.165, 1.54) is 6.08 Å². The van der Waals surface area contributed by atoms with Crippen LogP contribution in [0.5, 0.6) is 0 Å². The molecule has 6 heteroatoms. The van der Waals surface area contributed by atoms with Gasteiger partial charge in [-0.05, 0) is 25.5 Å². The second-order valence-corrected chi connectivity index (χ2v) is 5.27. The number of aliphatic carboxylic acids is 1. The maximum absolute atomic E-state index is 11.6. The summed E-state index contributed by atoms with van der Waals surface area (Å²) in [5.41, 5.74) is 2.08. The van der Waals surface area contributed by atoms with Crippen LogP contribution in [0.3, 0.4) is 0 Å². The molecular weight excluding hydrogens is 298 g/mol. The third-order valence-corrected chi connectivity index (χ3v) is 3.63. The fourth-order valence-electron chi connectivity index (χ4n) is 2.46. The number of carbonyl (C=O) groups is 2. The number of rotatable bonds is 4. The maximum atomic E-state index is 11.6. The quantitative estimate of drug-likeness (QED) is 0.533. The molecule has 1 aromatic carbocycles. The van der Waals surface area contributed by atoms with Crippen LogP contribution in [0, 0.1) is 6.92 Å². The Kier molecular flexibility index (Phi) is 3.65. The van der Waals surface area contributed by atoms with Crippen molar-refractivity contribution in [2.75, 3.05) is 0 Å². The molecule has 1 N–H and O–H groups in total. The van der Waals surface area contributed by atoms with Gasteiger partial charge < -0.3 is 19.1 Å². The van der Waals surface area contributed by atoms with Gasteiger partial charge in [0.2, 0.25) is 0 Å². The van der Waals surface area contributed by atoms with Crippen molar-refractivity contribution < 1.29 is 24.2 Å². The molecule has 0 saturated heterocycles. The fourth-order valence-corrected chi connectivity index (χ4v) is 2.46. The van der Waals surface area contributed by atoms with Crippen molar-refractivity contribution in [1.82, 2.24) is 4.57 Å². The van der Waals surface area contributed by atoms with Crippen molar-refractivity contribution in [3.63, 3.8) is 0 Å².